The van der Waals surface area contributed by atoms with E-state index in [1.807, 2.05) is 13.8 Å². The summed E-state index contributed by atoms with van der Waals surface area (Å²) in [5.41, 5.74) is 0.520. The third-order valence-electron chi connectivity index (χ3n) is 2.41. The first-order valence-electron chi connectivity index (χ1n) is 6.07. The molecule has 2 N–H and O–H groups in total. The number of nitrogens with zero attached hydrogens (tertiary/aromatic N) is 3. The Morgan fingerprint density at radius 1 is 1.47 bits per heavy atom. The van der Waals surface area contributed by atoms with Crippen molar-refractivity contribution in [1.82, 2.24) is 19.9 Å². The van der Waals surface area contributed by atoms with Crippen molar-refractivity contribution in [2.45, 2.75) is 13.8 Å². The predicted octanol–water partition coefficient (Wildman–Crippen LogP) is 1.05. The smallest absolute Gasteiger partial charge is 0.243 e. The zero-order valence-corrected chi connectivity index (χ0v) is 10.9. The molecule has 1 amide bonds. The molecule has 0 spiro atoms. The molecule has 0 saturated heterocycles. The van der Waals surface area contributed by atoms with Crippen molar-refractivity contribution in [2.75, 3.05) is 18.4 Å². The lowest BCUT2D eigenvalue weighted by Crippen LogP contribution is -2.32. The minimum atomic E-state index is -0.390. The Morgan fingerprint density at radius 3 is 3.00 bits per heavy atom. The van der Waals surface area contributed by atoms with Crippen LogP contribution in [-0.4, -0.2) is 33.6 Å². The van der Waals surface area contributed by atoms with Crippen LogP contribution in [-0.2, 0) is 4.79 Å². The summed E-state index contributed by atoms with van der Waals surface area (Å²) < 4.78 is 14.3. The molecule has 2 heterocycles. The Kier molecular flexibility index (Phi) is 3.94. The van der Waals surface area contributed by atoms with Crippen molar-refractivity contribution in [2.24, 2.45) is 5.92 Å². The SMILES string of the molecule is CC(C)CNC(=O)CNc1nc2ccc(F)cn2n1. The van der Waals surface area contributed by atoms with Crippen molar-refractivity contribution in [3.63, 3.8) is 0 Å². The first-order chi connectivity index (χ1) is 9.04. The van der Waals surface area contributed by atoms with Crippen LogP contribution in [0.15, 0.2) is 18.3 Å². The van der Waals surface area contributed by atoms with Crippen LogP contribution in [0.2, 0.25) is 0 Å². The molecule has 102 valence electrons. The van der Waals surface area contributed by atoms with Gasteiger partial charge in [0, 0.05) is 6.54 Å². The van der Waals surface area contributed by atoms with Gasteiger partial charge in [-0.2, -0.15) is 4.98 Å². The number of nitrogens with one attached hydrogen (secondary N) is 2. The number of anilines is 1. The van der Waals surface area contributed by atoms with Gasteiger partial charge < -0.3 is 10.6 Å². The number of carbonyl (C=O) groups excluding carboxylic acids is 1. The van der Waals surface area contributed by atoms with Crippen molar-refractivity contribution in [1.29, 1.82) is 0 Å². The van der Waals surface area contributed by atoms with Gasteiger partial charge in [0.1, 0.15) is 5.82 Å². The molecule has 0 fully saturated rings. The van der Waals surface area contributed by atoms with E-state index in [0.717, 1.165) is 0 Å². The first-order valence-corrected chi connectivity index (χ1v) is 6.07. The quantitative estimate of drug-likeness (QED) is 0.847. The Bertz CT molecular complexity index is 581. The normalized spacial score (nSPS) is 10.9. The summed E-state index contributed by atoms with van der Waals surface area (Å²) in [6.45, 7) is 4.76. The molecule has 19 heavy (non-hydrogen) atoms. The van der Waals surface area contributed by atoms with Crippen molar-refractivity contribution in [3.8, 4) is 0 Å². The Morgan fingerprint density at radius 2 is 2.26 bits per heavy atom. The molecule has 0 radical (unpaired) electrons. The van der Waals surface area contributed by atoms with E-state index in [9.17, 15) is 9.18 Å². The second-order valence-electron chi connectivity index (χ2n) is 4.64. The molecular weight excluding hydrogens is 249 g/mol. The van der Waals surface area contributed by atoms with Gasteiger partial charge in [-0.3, -0.25) is 4.79 Å². The van der Waals surface area contributed by atoms with Gasteiger partial charge in [0.05, 0.1) is 12.7 Å². The van der Waals surface area contributed by atoms with Crippen LogP contribution in [0.3, 0.4) is 0 Å². The van der Waals surface area contributed by atoms with Gasteiger partial charge in [0.25, 0.3) is 0 Å². The third-order valence-corrected chi connectivity index (χ3v) is 2.41. The summed E-state index contributed by atoms with van der Waals surface area (Å²) in [4.78, 5) is 15.6. The zero-order chi connectivity index (χ0) is 13.8. The number of halogens is 1. The Labute approximate surface area is 110 Å². The summed E-state index contributed by atoms with van der Waals surface area (Å²) in [7, 11) is 0. The van der Waals surface area contributed by atoms with Gasteiger partial charge in [-0.05, 0) is 18.1 Å². The first kappa shape index (κ1) is 13.3. The van der Waals surface area contributed by atoms with Gasteiger partial charge in [-0.25, -0.2) is 8.91 Å². The van der Waals surface area contributed by atoms with Gasteiger partial charge in [-0.1, -0.05) is 13.8 Å². The monoisotopic (exact) mass is 265 g/mol. The average molecular weight is 265 g/mol. The predicted molar refractivity (Wildman–Crippen MR) is 69.3 cm³/mol. The molecule has 2 aromatic rings. The topological polar surface area (TPSA) is 71.3 Å². The fourth-order valence-corrected chi connectivity index (χ4v) is 1.47. The number of carbonyl (C=O) groups is 1. The molecule has 0 aliphatic heterocycles. The Hall–Kier alpha value is -2.18. The summed E-state index contributed by atoms with van der Waals surface area (Å²) >= 11 is 0. The van der Waals surface area contributed by atoms with E-state index in [4.69, 9.17) is 0 Å². The van der Waals surface area contributed by atoms with E-state index < -0.39 is 5.82 Å². The maximum Gasteiger partial charge on any atom is 0.243 e. The van der Waals surface area contributed by atoms with Crippen molar-refractivity contribution in [3.05, 3.63) is 24.1 Å². The summed E-state index contributed by atoms with van der Waals surface area (Å²) in [5, 5.41) is 9.59. The van der Waals surface area contributed by atoms with Crippen molar-refractivity contribution < 1.29 is 9.18 Å². The van der Waals surface area contributed by atoms with Gasteiger partial charge in [0.15, 0.2) is 5.65 Å². The Balaban J connectivity index is 1.92. The van der Waals surface area contributed by atoms with E-state index in [1.54, 1.807) is 0 Å². The molecule has 0 aliphatic carbocycles. The van der Waals surface area contributed by atoms with Crippen LogP contribution >= 0.6 is 0 Å². The largest absolute Gasteiger partial charge is 0.354 e. The van der Waals surface area contributed by atoms with Gasteiger partial charge in [-0.15, -0.1) is 5.10 Å². The number of hydrogen-bond acceptors (Lipinski definition) is 4. The highest BCUT2D eigenvalue weighted by Crippen LogP contribution is 2.06. The van der Waals surface area contributed by atoms with Gasteiger partial charge >= 0.3 is 0 Å². The molecule has 0 unspecified atom stereocenters. The van der Waals surface area contributed by atoms with Gasteiger partial charge in [0.2, 0.25) is 11.9 Å². The molecule has 0 saturated carbocycles. The van der Waals surface area contributed by atoms with E-state index in [-0.39, 0.29) is 12.5 Å². The molecule has 2 rings (SSSR count). The molecule has 0 bridgehead atoms. The maximum atomic E-state index is 13.0. The zero-order valence-electron chi connectivity index (χ0n) is 10.9. The standard InChI is InChI=1S/C12H16FN5O/c1-8(2)5-14-11(19)6-15-12-16-10-4-3-9(13)7-18(10)17-12/h3-4,7-8H,5-6H2,1-2H3,(H,14,19)(H,15,17). The lowest BCUT2D eigenvalue weighted by Gasteiger charge is -2.07. The number of amides is 1. The summed E-state index contributed by atoms with van der Waals surface area (Å²) in [5.74, 6) is 0.183. The molecule has 0 atom stereocenters. The minimum Gasteiger partial charge on any atom is -0.354 e. The van der Waals surface area contributed by atoms with E-state index in [2.05, 4.69) is 20.7 Å². The van der Waals surface area contributed by atoms with Crippen LogP contribution in [0, 0.1) is 11.7 Å². The number of hydrogen-bond donors (Lipinski definition) is 2. The molecule has 7 heteroatoms. The van der Waals surface area contributed by atoms with Crippen LogP contribution in [0.5, 0.6) is 0 Å². The highest BCUT2D eigenvalue weighted by molar-refractivity contribution is 5.80. The number of fused-ring (bicyclic) bond motifs is 1. The lowest BCUT2D eigenvalue weighted by atomic mass is 10.2. The lowest BCUT2D eigenvalue weighted by molar-refractivity contribution is -0.119. The second-order valence-corrected chi connectivity index (χ2v) is 4.64. The number of rotatable bonds is 5. The van der Waals surface area contributed by atoms with Crippen LogP contribution in [0.25, 0.3) is 5.65 Å². The molecule has 0 aliphatic rings. The van der Waals surface area contributed by atoms with Crippen molar-refractivity contribution >= 4 is 17.5 Å². The van der Waals surface area contributed by atoms with E-state index >= 15 is 0 Å². The summed E-state index contributed by atoms with van der Waals surface area (Å²) in [6, 6.07) is 2.83. The van der Waals surface area contributed by atoms with E-state index in [1.165, 1.54) is 22.8 Å². The number of pyridine rings is 1. The minimum absolute atomic E-state index is 0.0894. The van der Waals surface area contributed by atoms with Crippen LogP contribution in [0.1, 0.15) is 13.8 Å². The molecule has 0 aromatic carbocycles. The third kappa shape index (κ3) is 3.64. The van der Waals surface area contributed by atoms with Crippen LogP contribution < -0.4 is 10.6 Å². The summed E-state index contributed by atoms with van der Waals surface area (Å²) in [6.07, 6.45) is 1.23. The fraction of sp³-hybridized carbons (Fsp3) is 0.417. The maximum absolute atomic E-state index is 13.0. The molecule has 2 aromatic heterocycles. The van der Waals surface area contributed by atoms with Crippen LogP contribution in [0.4, 0.5) is 10.3 Å². The molecule has 6 nitrogen and oxygen atoms in total. The van der Waals surface area contributed by atoms with E-state index in [0.29, 0.717) is 24.1 Å². The average Bonchev–Trinajstić information content (AvgIpc) is 2.75. The highest BCUT2D eigenvalue weighted by Gasteiger charge is 2.06. The molecular formula is C12H16FN5O. The second kappa shape index (κ2) is 5.64. The number of aromatic nitrogens is 3. The highest BCUT2D eigenvalue weighted by atomic mass is 19.1. The fourth-order valence-electron chi connectivity index (χ4n) is 1.47.